The van der Waals surface area contributed by atoms with Crippen LogP contribution in [0.3, 0.4) is 0 Å². The van der Waals surface area contributed by atoms with Crippen molar-refractivity contribution in [1.82, 2.24) is 0 Å². The standard InChI is InChI=1S/C10H5BrClNO2/c1-13-9(10(14)15)8(11)6-4-2-3-5-7(6)12/h2-5H,(H,14,15)/b9-8-. The molecule has 0 fully saturated rings. The van der Waals surface area contributed by atoms with Gasteiger partial charge in [0.05, 0.1) is 6.57 Å². The summed E-state index contributed by atoms with van der Waals surface area (Å²) in [5.74, 6) is -1.28. The molecule has 0 bridgehead atoms. The molecule has 0 spiro atoms. The molecule has 0 heterocycles. The minimum absolute atomic E-state index is 0.190. The fourth-order valence-electron chi connectivity index (χ4n) is 0.958. The highest BCUT2D eigenvalue weighted by Crippen LogP contribution is 2.31. The Kier molecular flexibility index (Phi) is 3.89. The summed E-state index contributed by atoms with van der Waals surface area (Å²) in [6.45, 7) is 6.75. The Balaban J connectivity index is 3.37. The molecule has 0 aliphatic carbocycles. The molecule has 0 aliphatic rings. The van der Waals surface area contributed by atoms with Crippen LogP contribution in [0.25, 0.3) is 9.33 Å². The second-order valence-electron chi connectivity index (χ2n) is 2.56. The van der Waals surface area contributed by atoms with Crippen LogP contribution in [0.2, 0.25) is 5.02 Å². The van der Waals surface area contributed by atoms with Crippen LogP contribution in [0.5, 0.6) is 0 Å². The van der Waals surface area contributed by atoms with Gasteiger partial charge >= 0.3 is 5.97 Å². The zero-order valence-corrected chi connectivity index (χ0v) is 9.71. The lowest BCUT2D eigenvalue weighted by Gasteiger charge is -2.03. The van der Waals surface area contributed by atoms with Crippen molar-refractivity contribution in [1.29, 1.82) is 0 Å². The Morgan fingerprint density at radius 1 is 1.47 bits per heavy atom. The van der Waals surface area contributed by atoms with Crippen LogP contribution in [0.15, 0.2) is 30.0 Å². The van der Waals surface area contributed by atoms with Gasteiger partial charge in [-0.05, 0) is 11.6 Å². The summed E-state index contributed by atoms with van der Waals surface area (Å²) in [6.07, 6.45) is 0. The molecule has 76 valence electrons. The van der Waals surface area contributed by atoms with E-state index in [-0.39, 0.29) is 10.2 Å². The lowest BCUT2D eigenvalue weighted by Crippen LogP contribution is -1.98. The Morgan fingerprint density at radius 3 is 2.53 bits per heavy atom. The van der Waals surface area contributed by atoms with E-state index in [2.05, 4.69) is 20.8 Å². The second kappa shape index (κ2) is 4.96. The molecule has 1 aromatic rings. The van der Waals surface area contributed by atoms with Gasteiger partial charge in [0.25, 0.3) is 5.70 Å². The summed E-state index contributed by atoms with van der Waals surface area (Å²) < 4.78 is 0.190. The molecule has 0 atom stereocenters. The van der Waals surface area contributed by atoms with Crippen molar-refractivity contribution in [2.75, 3.05) is 0 Å². The smallest absolute Gasteiger partial charge is 0.335 e. The molecule has 1 N–H and O–H groups in total. The number of nitrogens with zero attached hydrogens (tertiary/aromatic N) is 1. The Hall–Kier alpha value is -1.31. The number of benzene rings is 1. The van der Waals surface area contributed by atoms with E-state index in [0.717, 1.165) is 0 Å². The lowest BCUT2D eigenvalue weighted by atomic mass is 10.2. The zero-order chi connectivity index (χ0) is 11.4. The number of carboxylic acid groups (broad SMARTS) is 1. The molecule has 0 amide bonds. The van der Waals surface area contributed by atoms with E-state index in [1.54, 1.807) is 24.3 Å². The molecule has 0 saturated heterocycles. The second-order valence-corrected chi connectivity index (χ2v) is 3.76. The minimum atomic E-state index is -1.28. The summed E-state index contributed by atoms with van der Waals surface area (Å²) in [4.78, 5) is 13.6. The van der Waals surface area contributed by atoms with Crippen LogP contribution in [0, 0.1) is 6.57 Å². The zero-order valence-electron chi connectivity index (χ0n) is 7.37. The van der Waals surface area contributed by atoms with E-state index in [4.69, 9.17) is 23.3 Å². The highest BCUT2D eigenvalue weighted by molar-refractivity contribution is 9.15. The average Bonchev–Trinajstić information content (AvgIpc) is 2.18. The molecular formula is C10H5BrClNO2. The first-order chi connectivity index (χ1) is 7.07. The van der Waals surface area contributed by atoms with Gasteiger partial charge in [-0.2, -0.15) is 0 Å². The fraction of sp³-hybridized carbons (Fsp3) is 0. The third-order valence-electron chi connectivity index (χ3n) is 1.63. The van der Waals surface area contributed by atoms with Crippen molar-refractivity contribution >= 4 is 38.0 Å². The predicted octanol–water partition coefficient (Wildman–Crippen LogP) is 3.41. The van der Waals surface area contributed by atoms with E-state index in [1.165, 1.54) is 0 Å². The van der Waals surface area contributed by atoms with Crippen LogP contribution < -0.4 is 0 Å². The van der Waals surface area contributed by atoms with Crippen LogP contribution in [0.4, 0.5) is 0 Å². The van der Waals surface area contributed by atoms with Gasteiger partial charge in [-0.25, -0.2) is 4.85 Å². The van der Waals surface area contributed by atoms with Crippen LogP contribution in [0.1, 0.15) is 5.56 Å². The number of halogens is 2. The van der Waals surface area contributed by atoms with Gasteiger partial charge in [0, 0.05) is 9.51 Å². The summed E-state index contributed by atoms with van der Waals surface area (Å²) in [5, 5.41) is 9.15. The number of hydrogen-bond donors (Lipinski definition) is 1. The van der Waals surface area contributed by atoms with E-state index < -0.39 is 5.97 Å². The van der Waals surface area contributed by atoms with Gasteiger partial charge in [-0.15, -0.1) is 0 Å². The van der Waals surface area contributed by atoms with Crippen molar-refractivity contribution in [2.45, 2.75) is 0 Å². The molecule has 1 rings (SSSR count). The topological polar surface area (TPSA) is 41.7 Å². The van der Waals surface area contributed by atoms with E-state index in [0.29, 0.717) is 10.6 Å². The van der Waals surface area contributed by atoms with Gasteiger partial charge in [0.2, 0.25) is 0 Å². The normalized spacial score (nSPS) is 11.5. The molecule has 0 saturated carbocycles. The van der Waals surface area contributed by atoms with Crippen LogP contribution in [-0.4, -0.2) is 11.1 Å². The molecule has 0 unspecified atom stereocenters. The number of carbonyl (C=O) groups is 1. The summed E-state index contributed by atoms with van der Waals surface area (Å²) in [6, 6.07) is 6.71. The van der Waals surface area contributed by atoms with Crippen molar-refractivity contribution in [3.63, 3.8) is 0 Å². The third-order valence-corrected chi connectivity index (χ3v) is 2.76. The van der Waals surface area contributed by atoms with E-state index >= 15 is 0 Å². The summed E-state index contributed by atoms with van der Waals surface area (Å²) >= 11 is 8.93. The minimum Gasteiger partial charge on any atom is -0.486 e. The highest BCUT2D eigenvalue weighted by Gasteiger charge is 2.15. The number of rotatable bonds is 2. The maximum absolute atomic E-state index is 10.7. The van der Waals surface area contributed by atoms with Crippen molar-refractivity contribution in [3.8, 4) is 0 Å². The Morgan fingerprint density at radius 2 is 2.07 bits per heavy atom. The molecule has 0 aromatic heterocycles. The monoisotopic (exact) mass is 285 g/mol. The SMILES string of the molecule is [C-]#[N+]/C(C(=O)O)=C(\Br)c1ccccc1Cl. The first kappa shape index (κ1) is 11.8. The third kappa shape index (κ3) is 2.58. The van der Waals surface area contributed by atoms with Crippen molar-refractivity contribution in [3.05, 3.63) is 52.0 Å². The summed E-state index contributed by atoms with van der Waals surface area (Å²) in [5.41, 5.74) is 0.107. The largest absolute Gasteiger partial charge is 0.486 e. The van der Waals surface area contributed by atoms with E-state index in [9.17, 15) is 4.79 Å². The Bertz CT molecular complexity index is 477. The lowest BCUT2D eigenvalue weighted by molar-refractivity contribution is -0.132. The van der Waals surface area contributed by atoms with Crippen molar-refractivity contribution < 1.29 is 9.90 Å². The summed E-state index contributed by atoms with van der Waals surface area (Å²) in [7, 11) is 0. The molecule has 5 heteroatoms. The predicted molar refractivity (Wildman–Crippen MR) is 61.5 cm³/mol. The molecule has 0 aliphatic heterocycles. The van der Waals surface area contributed by atoms with Gasteiger partial charge in [0.15, 0.2) is 0 Å². The first-order valence-corrected chi connectivity index (χ1v) is 5.00. The quantitative estimate of drug-likeness (QED) is 0.668. The first-order valence-electron chi connectivity index (χ1n) is 3.83. The van der Waals surface area contributed by atoms with Crippen LogP contribution >= 0.6 is 27.5 Å². The fourth-order valence-corrected chi connectivity index (χ4v) is 1.91. The molecule has 15 heavy (non-hydrogen) atoms. The maximum atomic E-state index is 10.7. The van der Waals surface area contributed by atoms with Gasteiger partial charge < -0.3 is 5.11 Å². The Labute approximate surface area is 99.9 Å². The number of carboxylic acids is 1. The van der Waals surface area contributed by atoms with Gasteiger partial charge in [-0.3, -0.25) is 4.79 Å². The average molecular weight is 287 g/mol. The number of aliphatic carboxylic acids is 1. The number of hydrogen-bond acceptors (Lipinski definition) is 1. The highest BCUT2D eigenvalue weighted by atomic mass is 79.9. The molecule has 1 aromatic carbocycles. The molecular weight excluding hydrogens is 281 g/mol. The van der Waals surface area contributed by atoms with Crippen LogP contribution in [-0.2, 0) is 4.79 Å². The maximum Gasteiger partial charge on any atom is 0.335 e. The molecule has 3 nitrogen and oxygen atoms in total. The molecule has 0 radical (unpaired) electrons. The van der Waals surface area contributed by atoms with Crippen molar-refractivity contribution in [2.24, 2.45) is 0 Å². The van der Waals surface area contributed by atoms with E-state index in [1.807, 2.05) is 0 Å². The van der Waals surface area contributed by atoms with Gasteiger partial charge in [0.1, 0.15) is 0 Å². The van der Waals surface area contributed by atoms with Gasteiger partial charge in [-0.1, -0.05) is 45.7 Å².